The SMILES string of the molecule is CCCN1C(=O)NC(c2ccc(Cl)cc2)C(c2nc(-c3cccs3)no2)=C1C. The zero-order valence-corrected chi connectivity index (χ0v) is 17.0. The van der Waals surface area contributed by atoms with Gasteiger partial charge in [0.05, 0.1) is 16.5 Å². The van der Waals surface area contributed by atoms with Gasteiger partial charge in [0.1, 0.15) is 0 Å². The van der Waals surface area contributed by atoms with Crippen LogP contribution in [0.5, 0.6) is 0 Å². The first kappa shape index (κ1) is 18.7. The monoisotopic (exact) mass is 414 g/mol. The van der Waals surface area contributed by atoms with E-state index in [1.165, 1.54) is 0 Å². The third kappa shape index (κ3) is 3.43. The molecule has 1 aliphatic rings. The Morgan fingerprint density at radius 1 is 1.29 bits per heavy atom. The summed E-state index contributed by atoms with van der Waals surface area (Å²) in [4.78, 5) is 20.0. The van der Waals surface area contributed by atoms with Gasteiger partial charge < -0.3 is 9.84 Å². The minimum absolute atomic E-state index is 0.138. The molecule has 0 saturated carbocycles. The molecule has 0 radical (unpaired) electrons. The zero-order chi connectivity index (χ0) is 19.7. The molecule has 1 aliphatic heterocycles. The summed E-state index contributed by atoms with van der Waals surface area (Å²) in [6.45, 7) is 4.56. The lowest BCUT2D eigenvalue weighted by Crippen LogP contribution is -2.46. The van der Waals surface area contributed by atoms with Crippen molar-refractivity contribution in [3.63, 3.8) is 0 Å². The number of carbonyl (C=O) groups is 1. The van der Waals surface area contributed by atoms with E-state index in [0.29, 0.717) is 23.3 Å². The second-order valence-corrected chi connectivity index (χ2v) is 7.87. The Bertz CT molecular complexity index is 1010. The lowest BCUT2D eigenvalue weighted by molar-refractivity contribution is 0.205. The number of hydrogen-bond donors (Lipinski definition) is 1. The zero-order valence-electron chi connectivity index (χ0n) is 15.5. The third-order valence-corrected chi connectivity index (χ3v) is 5.76. The fourth-order valence-corrected chi connectivity index (χ4v) is 4.07. The van der Waals surface area contributed by atoms with Crippen LogP contribution in [-0.4, -0.2) is 27.6 Å². The summed E-state index contributed by atoms with van der Waals surface area (Å²) in [5, 5.41) is 9.82. The molecule has 144 valence electrons. The maximum atomic E-state index is 12.7. The summed E-state index contributed by atoms with van der Waals surface area (Å²) in [7, 11) is 0. The number of carbonyl (C=O) groups excluding carboxylic acids is 1. The normalized spacial score (nSPS) is 17.2. The molecule has 2 amide bonds. The standard InChI is InChI=1S/C20H19ClN4O2S/c1-3-10-25-12(2)16(19-23-18(24-27-19)15-5-4-11-28-15)17(22-20(25)26)13-6-8-14(21)9-7-13/h4-9,11,17H,3,10H2,1-2H3,(H,22,26). The van der Waals surface area contributed by atoms with Crippen LogP contribution in [0.25, 0.3) is 16.3 Å². The number of urea groups is 1. The van der Waals surface area contributed by atoms with Crippen LogP contribution < -0.4 is 5.32 Å². The predicted octanol–water partition coefficient (Wildman–Crippen LogP) is 5.36. The largest absolute Gasteiger partial charge is 0.334 e. The molecule has 3 heterocycles. The number of allylic oxidation sites excluding steroid dienone is 1. The molecular weight excluding hydrogens is 396 g/mol. The van der Waals surface area contributed by atoms with E-state index in [9.17, 15) is 4.79 Å². The van der Waals surface area contributed by atoms with Gasteiger partial charge in [0.25, 0.3) is 5.89 Å². The topological polar surface area (TPSA) is 71.3 Å². The molecule has 3 aromatic rings. The summed E-state index contributed by atoms with van der Waals surface area (Å²) < 4.78 is 5.62. The molecule has 1 unspecified atom stereocenters. The van der Waals surface area contributed by atoms with Crippen molar-refractivity contribution in [2.24, 2.45) is 0 Å². The van der Waals surface area contributed by atoms with Crippen LogP contribution in [0.4, 0.5) is 4.79 Å². The number of benzene rings is 1. The Morgan fingerprint density at radius 3 is 2.75 bits per heavy atom. The van der Waals surface area contributed by atoms with Crippen molar-refractivity contribution >= 4 is 34.5 Å². The number of nitrogens with zero attached hydrogens (tertiary/aromatic N) is 3. The minimum atomic E-state index is -0.394. The molecule has 0 bridgehead atoms. The van der Waals surface area contributed by atoms with Crippen molar-refractivity contribution < 1.29 is 9.32 Å². The summed E-state index contributed by atoms with van der Waals surface area (Å²) in [6.07, 6.45) is 0.841. The smallest absolute Gasteiger partial charge is 0.322 e. The van der Waals surface area contributed by atoms with Gasteiger partial charge >= 0.3 is 6.03 Å². The van der Waals surface area contributed by atoms with E-state index < -0.39 is 6.04 Å². The van der Waals surface area contributed by atoms with Crippen molar-refractivity contribution in [1.82, 2.24) is 20.4 Å². The molecule has 1 N–H and O–H groups in total. The Hall–Kier alpha value is -2.64. The number of halogens is 1. The van der Waals surface area contributed by atoms with Gasteiger partial charge in [0, 0.05) is 17.3 Å². The number of nitrogens with one attached hydrogen (secondary N) is 1. The maximum absolute atomic E-state index is 12.7. The maximum Gasteiger partial charge on any atom is 0.322 e. The lowest BCUT2D eigenvalue weighted by Gasteiger charge is -2.35. The van der Waals surface area contributed by atoms with E-state index in [4.69, 9.17) is 16.1 Å². The van der Waals surface area contributed by atoms with Crippen LogP contribution in [0.3, 0.4) is 0 Å². The molecule has 8 heteroatoms. The minimum Gasteiger partial charge on any atom is -0.334 e. The van der Waals surface area contributed by atoms with Crippen LogP contribution in [-0.2, 0) is 0 Å². The van der Waals surface area contributed by atoms with Gasteiger partial charge in [-0.15, -0.1) is 11.3 Å². The second kappa shape index (κ2) is 7.77. The van der Waals surface area contributed by atoms with Gasteiger partial charge in [-0.25, -0.2) is 4.79 Å². The van der Waals surface area contributed by atoms with Crippen molar-refractivity contribution in [3.05, 3.63) is 64.0 Å². The van der Waals surface area contributed by atoms with E-state index in [2.05, 4.69) is 15.5 Å². The second-order valence-electron chi connectivity index (χ2n) is 6.49. The van der Waals surface area contributed by atoms with Crippen molar-refractivity contribution in [1.29, 1.82) is 0 Å². The highest BCUT2D eigenvalue weighted by Gasteiger charge is 2.35. The molecule has 4 rings (SSSR count). The van der Waals surface area contributed by atoms with Gasteiger partial charge in [-0.05, 0) is 42.5 Å². The Balaban J connectivity index is 1.82. The van der Waals surface area contributed by atoms with E-state index in [1.807, 2.05) is 43.5 Å². The van der Waals surface area contributed by atoms with Crippen molar-refractivity contribution in [2.75, 3.05) is 6.54 Å². The highest BCUT2D eigenvalue weighted by molar-refractivity contribution is 7.13. The summed E-state index contributed by atoms with van der Waals surface area (Å²) in [5.74, 6) is 0.945. The van der Waals surface area contributed by atoms with Gasteiger partial charge in [-0.2, -0.15) is 4.98 Å². The first-order chi connectivity index (χ1) is 13.6. The van der Waals surface area contributed by atoms with Gasteiger partial charge in [0.2, 0.25) is 5.82 Å². The van der Waals surface area contributed by atoms with Crippen LogP contribution >= 0.6 is 22.9 Å². The van der Waals surface area contributed by atoms with E-state index >= 15 is 0 Å². The predicted molar refractivity (Wildman–Crippen MR) is 110 cm³/mol. The first-order valence-electron chi connectivity index (χ1n) is 9.00. The molecular formula is C20H19ClN4O2S. The van der Waals surface area contributed by atoms with Gasteiger partial charge in [0.15, 0.2) is 0 Å². The summed E-state index contributed by atoms with van der Waals surface area (Å²) >= 11 is 7.59. The number of aromatic nitrogens is 2. The van der Waals surface area contributed by atoms with Crippen molar-refractivity contribution in [3.8, 4) is 10.7 Å². The highest BCUT2D eigenvalue weighted by atomic mass is 35.5. The molecule has 6 nitrogen and oxygen atoms in total. The highest BCUT2D eigenvalue weighted by Crippen LogP contribution is 2.37. The van der Waals surface area contributed by atoms with Crippen LogP contribution in [0.1, 0.15) is 37.8 Å². The lowest BCUT2D eigenvalue weighted by atomic mass is 9.94. The Labute approximate surface area is 171 Å². The molecule has 0 aliphatic carbocycles. The first-order valence-corrected chi connectivity index (χ1v) is 10.3. The van der Waals surface area contributed by atoms with E-state index in [1.54, 1.807) is 28.4 Å². The van der Waals surface area contributed by atoms with E-state index in [0.717, 1.165) is 28.1 Å². The van der Waals surface area contributed by atoms with Gasteiger partial charge in [-0.1, -0.05) is 41.9 Å². The number of hydrogen-bond acceptors (Lipinski definition) is 5. The Morgan fingerprint density at radius 2 is 2.07 bits per heavy atom. The van der Waals surface area contributed by atoms with Crippen LogP contribution in [0, 0.1) is 0 Å². The average Bonchev–Trinajstić information content (AvgIpc) is 3.37. The summed E-state index contributed by atoms with van der Waals surface area (Å²) in [6, 6.07) is 10.8. The molecule has 1 atom stereocenters. The quantitative estimate of drug-likeness (QED) is 0.610. The third-order valence-electron chi connectivity index (χ3n) is 4.64. The Kier molecular flexibility index (Phi) is 5.19. The van der Waals surface area contributed by atoms with Gasteiger partial charge in [-0.3, -0.25) is 4.90 Å². The summed E-state index contributed by atoms with van der Waals surface area (Å²) in [5.41, 5.74) is 2.51. The van der Waals surface area contributed by atoms with E-state index in [-0.39, 0.29) is 6.03 Å². The van der Waals surface area contributed by atoms with Crippen LogP contribution in [0.15, 0.2) is 52.0 Å². The average molecular weight is 415 g/mol. The molecule has 2 aromatic heterocycles. The van der Waals surface area contributed by atoms with Crippen LogP contribution in [0.2, 0.25) is 5.02 Å². The number of thiophene rings is 1. The number of rotatable bonds is 5. The molecule has 1 aromatic carbocycles. The molecule has 0 fully saturated rings. The fraction of sp³-hybridized carbons (Fsp3) is 0.250. The molecule has 0 saturated heterocycles. The number of amides is 2. The molecule has 28 heavy (non-hydrogen) atoms. The fourth-order valence-electron chi connectivity index (χ4n) is 3.30. The molecule has 0 spiro atoms. The van der Waals surface area contributed by atoms with Crippen molar-refractivity contribution in [2.45, 2.75) is 26.3 Å².